The number of anilines is 2. The maximum Gasteiger partial charge on any atom is 0.346 e. The van der Waals surface area contributed by atoms with Crippen LogP contribution in [-0.2, 0) is 21.1 Å². The molecule has 1 aliphatic heterocycles. The zero-order valence-corrected chi connectivity index (χ0v) is 20.2. The highest BCUT2D eigenvalue weighted by molar-refractivity contribution is 9.10. The second kappa shape index (κ2) is 8.41. The van der Waals surface area contributed by atoms with Crippen molar-refractivity contribution in [3.63, 3.8) is 0 Å². The van der Waals surface area contributed by atoms with Gasteiger partial charge in [0.2, 0.25) is 10.0 Å². The molecule has 2 aromatic carbocycles. The third-order valence-electron chi connectivity index (χ3n) is 4.59. The smallest absolute Gasteiger partial charge is 0.346 e. The molecular formula is C19H17BrN5O6PS. The quantitative estimate of drug-likeness (QED) is 0.347. The molecule has 2 heterocycles. The molecule has 11 nitrogen and oxygen atoms in total. The van der Waals surface area contributed by atoms with Crippen molar-refractivity contribution in [1.29, 1.82) is 0 Å². The van der Waals surface area contributed by atoms with E-state index in [1.807, 2.05) is 6.07 Å². The number of halogens is 1. The highest BCUT2D eigenvalue weighted by atomic mass is 79.9. The van der Waals surface area contributed by atoms with E-state index in [9.17, 15) is 27.8 Å². The molecule has 1 aliphatic rings. The molecule has 0 amide bonds. The number of rotatable bonds is 5. The van der Waals surface area contributed by atoms with Gasteiger partial charge < -0.3 is 15.3 Å². The largest absolute Gasteiger partial charge is 0.505 e. The number of hydrogen-bond donors (Lipinski definition) is 4. The van der Waals surface area contributed by atoms with Gasteiger partial charge in [0.25, 0.3) is 5.56 Å². The van der Waals surface area contributed by atoms with Crippen molar-refractivity contribution < 1.29 is 23.0 Å². The van der Waals surface area contributed by atoms with Crippen molar-refractivity contribution >= 4 is 56.0 Å². The number of sulfonamides is 1. The zero-order chi connectivity index (χ0) is 24.0. The van der Waals surface area contributed by atoms with Gasteiger partial charge in [0.05, 0.1) is 30.0 Å². The summed E-state index contributed by atoms with van der Waals surface area (Å²) in [6, 6.07) is 11.2. The topological polar surface area (TPSA) is 163 Å². The first-order valence-electron chi connectivity index (χ1n) is 9.29. The number of nitrogens with zero attached hydrogens (tertiary/aromatic N) is 3. The van der Waals surface area contributed by atoms with Crippen LogP contribution in [0, 0.1) is 0 Å². The Morgan fingerprint density at radius 3 is 2.70 bits per heavy atom. The van der Waals surface area contributed by atoms with E-state index in [1.54, 1.807) is 18.2 Å². The molecule has 1 aromatic heterocycles. The Bertz CT molecular complexity index is 1520. The SMILES string of the molecule is CS(=O)(=O)Nc1ccc2c(c1)P(=O)(O)N=C(c1c(O)cnn(Cc3cccc(Br)c3)c1=O)N2. The molecule has 172 valence electrons. The van der Waals surface area contributed by atoms with Crippen LogP contribution in [0.5, 0.6) is 5.75 Å². The zero-order valence-electron chi connectivity index (χ0n) is 16.9. The molecule has 4 rings (SSSR count). The van der Waals surface area contributed by atoms with Crippen molar-refractivity contribution in [1.82, 2.24) is 9.78 Å². The van der Waals surface area contributed by atoms with Crippen molar-refractivity contribution in [3.05, 3.63) is 74.6 Å². The molecule has 14 heteroatoms. The Kier molecular flexibility index (Phi) is 5.91. The van der Waals surface area contributed by atoms with Crippen molar-refractivity contribution in [3.8, 4) is 5.75 Å². The van der Waals surface area contributed by atoms with E-state index in [1.165, 1.54) is 18.2 Å². The van der Waals surface area contributed by atoms with Crippen molar-refractivity contribution in [2.45, 2.75) is 6.54 Å². The lowest BCUT2D eigenvalue weighted by molar-refractivity contribution is 0.460. The molecule has 33 heavy (non-hydrogen) atoms. The average Bonchev–Trinajstić information content (AvgIpc) is 2.69. The second-order valence-electron chi connectivity index (χ2n) is 7.22. The minimum absolute atomic E-state index is 0.0779. The molecule has 0 aliphatic carbocycles. The number of hydrogen-bond acceptors (Lipinski definition) is 7. The van der Waals surface area contributed by atoms with Crippen LogP contribution in [0.2, 0.25) is 0 Å². The fourth-order valence-electron chi connectivity index (χ4n) is 3.23. The van der Waals surface area contributed by atoms with Gasteiger partial charge in [-0.2, -0.15) is 9.86 Å². The molecule has 4 N–H and O–H groups in total. The van der Waals surface area contributed by atoms with Crippen LogP contribution in [0.4, 0.5) is 11.4 Å². The first-order chi connectivity index (χ1) is 15.4. The molecule has 0 bridgehead atoms. The van der Waals surface area contributed by atoms with Crippen molar-refractivity contribution in [2.24, 2.45) is 4.76 Å². The lowest BCUT2D eigenvalue weighted by Gasteiger charge is -2.23. The van der Waals surface area contributed by atoms with E-state index < -0.39 is 28.9 Å². The summed E-state index contributed by atoms with van der Waals surface area (Å²) in [4.78, 5) is 23.6. The summed E-state index contributed by atoms with van der Waals surface area (Å²) < 4.78 is 43.8. The summed E-state index contributed by atoms with van der Waals surface area (Å²) in [6.07, 6.45) is 2.00. The van der Waals surface area contributed by atoms with Gasteiger partial charge in [0.15, 0.2) is 11.6 Å². The molecule has 0 saturated heterocycles. The predicted molar refractivity (Wildman–Crippen MR) is 128 cm³/mol. The van der Waals surface area contributed by atoms with E-state index in [2.05, 4.69) is 35.8 Å². The minimum atomic E-state index is -4.41. The van der Waals surface area contributed by atoms with Crippen LogP contribution in [0.25, 0.3) is 0 Å². The Morgan fingerprint density at radius 1 is 1.24 bits per heavy atom. The van der Waals surface area contributed by atoms with Gasteiger partial charge in [0, 0.05) is 10.2 Å². The van der Waals surface area contributed by atoms with Crippen LogP contribution in [0.3, 0.4) is 0 Å². The lowest BCUT2D eigenvalue weighted by Crippen LogP contribution is -2.34. The standard InChI is InChI=1S/C19H17BrN5O6PS/c1-33(30,31)24-13-5-6-14-16(8-13)32(28,29)23-18(22-14)17-15(26)9-21-25(19(17)27)10-11-3-2-4-12(20)7-11/h2-9,24,26H,10H2,1H3,(H2,22,23,28,29). The summed E-state index contributed by atoms with van der Waals surface area (Å²) in [7, 11) is -8.02. The van der Waals surface area contributed by atoms with E-state index in [-0.39, 0.29) is 34.6 Å². The molecular weight excluding hydrogens is 537 g/mol. The molecule has 0 saturated carbocycles. The van der Waals surface area contributed by atoms with Crippen LogP contribution >= 0.6 is 23.4 Å². The number of aromatic nitrogens is 2. The summed E-state index contributed by atoms with van der Waals surface area (Å²) in [5.74, 6) is -0.819. The third kappa shape index (κ3) is 5.01. The molecule has 0 spiro atoms. The summed E-state index contributed by atoms with van der Waals surface area (Å²) in [5, 5.41) is 16.9. The van der Waals surface area contributed by atoms with Gasteiger partial charge in [-0.3, -0.25) is 14.1 Å². The highest BCUT2D eigenvalue weighted by Gasteiger charge is 2.33. The van der Waals surface area contributed by atoms with Crippen LogP contribution in [0.15, 0.2) is 62.7 Å². The molecule has 3 aromatic rings. The summed E-state index contributed by atoms with van der Waals surface area (Å²) in [6.45, 7) is 0.0900. The fourth-order valence-corrected chi connectivity index (χ4v) is 5.52. The predicted octanol–water partition coefficient (Wildman–Crippen LogP) is 1.81. The van der Waals surface area contributed by atoms with E-state index in [4.69, 9.17) is 0 Å². The van der Waals surface area contributed by atoms with E-state index in [0.717, 1.165) is 27.2 Å². The van der Waals surface area contributed by atoms with Crippen LogP contribution in [-0.4, -0.2) is 40.3 Å². The maximum absolute atomic E-state index is 13.1. The first-order valence-corrected chi connectivity index (χ1v) is 13.6. The highest BCUT2D eigenvalue weighted by Crippen LogP contribution is 2.47. The van der Waals surface area contributed by atoms with Gasteiger partial charge in [-0.05, 0) is 35.9 Å². The van der Waals surface area contributed by atoms with Gasteiger partial charge in [0.1, 0.15) is 5.56 Å². The number of amidine groups is 1. The number of aromatic hydroxyl groups is 1. The Morgan fingerprint density at radius 2 is 2.00 bits per heavy atom. The van der Waals surface area contributed by atoms with E-state index in [0.29, 0.717) is 0 Å². The monoisotopic (exact) mass is 553 g/mol. The summed E-state index contributed by atoms with van der Waals surface area (Å²) >= 11 is 3.36. The number of benzene rings is 2. The number of nitrogens with one attached hydrogen (secondary N) is 2. The molecule has 1 atom stereocenters. The maximum atomic E-state index is 13.1. The fraction of sp³-hybridized carbons (Fsp3) is 0.105. The Balaban J connectivity index is 1.75. The molecule has 0 fully saturated rings. The van der Waals surface area contributed by atoms with Gasteiger partial charge in [-0.25, -0.2) is 13.1 Å². The minimum Gasteiger partial charge on any atom is -0.505 e. The van der Waals surface area contributed by atoms with Gasteiger partial charge in [-0.1, -0.05) is 28.1 Å². The number of fused-ring (bicyclic) bond motifs is 1. The van der Waals surface area contributed by atoms with Gasteiger partial charge in [-0.15, -0.1) is 0 Å². The van der Waals surface area contributed by atoms with Gasteiger partial charge >= 0.3 is 7.52 Å². The van der Waals surface area contributed by atoms with Crippen molar-refractivity contribution in [2.75, 3.05) is 16.3 Å². The summed E-state index contributed by atoms with van der Waals surface area (Å²) in [5.41, 5.74) is -0.0651. The second-order valence-corrected chi connectivity index (χ2v) is 11.7. The average molecular weight is 554 g/mol. The Hall–Kier alpha value is -2.99. The molecule has 1 unspecified atom stereocenters. The third-order valence-corrected chi connectivity index (χ3v) is 7.15. The molecule has 0 radical (unpaired) electrons. The first kappa shape index (κ1) is 23.2. The lowest BCUT2D eigenvalue weighted by atomic mass is 10.2. The normalized spacial score (nSPS) is 17.6. The van der Waals surface area contributed by atoms with Crippen LogP contribution < -0.4 is 20.9 Å². The van der Waals surface area contributed by atoms with E-state index >= 15 is 0 Å². The Labute approximate surface area is 196 Å². The van der Waals surface area contributed by atoms with Crippen LogP contribution in [0.1, 0.15) is 11.1 Å².